The van der Waals surface area contributed by atoms with Crippen LogP contribution in [0.1, 0.15) is 21.6 Å². The van der Waals surface area contributed by atoms with Crippen molar-refractivity contribution in [1.82, 2.24) is 9.97 Å². The lowest BCUT2D eigenvalue weighted by atomic mass is 9.99. The molecule has 1 amide bonds. The van der Waals surface area contributed by atoms with Crippen LogP contribution in [0.3, 0.4) is 0 Å². The molecule has 0 unspecified atom stereocenters. The van der Waals surface area contributed by atoms with Gasteiger partial charge < -0.3 is 14.4 Å². The van der Waals surface area contributed by atoms with Crippen LogP contribution in [-0.2, 0) is 6.18 Å². The van der Waals surface area contributed by atoms with Gasteiger partial charge in [-0.25, -0.2) is 4.98 Å². The molecule has 0 aliphatic carbocycles. The maximum absolute atomic E-state index is 13.5. The molecular formula is C29H24ClF3N4O3. The zero-order valence-electron chi connectivity index (χ0n) is 21.5. The second-order valence-corrected chi connectivity index (χ2v) is 8.84. The van der Waals surface area contributed by atoms with Crippen LogP contribution >= 0.6 is 11.6 Å². The molecule has 0 aliphatic heterocycles. The van der Waals surface area contributed by atoms with Gasteiger partial charge in [0.1, 0.15) is 24.7 Å². The van der Waals surface area contributed by atoms with E-state index in [1.165, 1.54) is 30.3 Å². The summed E-state index contributed by atoms with van der Waals surface area (Å²) in [5.41, 5.74) is 0.518. The number of rotatable bonds is 9. The quantitative estimate of drug-likeness (QED) is 0.168. The van der Waals surface area contributed by atoms with Crippen molar-refractivity contribution >= 4 is 29.4 Å². The molecule has 206 valence electrons. The van der Waals surface area contributed by atoms with Crippen LogP contribution in [0.5, 0.6) is 11.6 Å². The van der Waals surface area contributed by atoms with Crippen molar-refractivity contribution in [1.29, 1.82) is 0 Å². The van der Waals surface area contributed by atoms with E-state index in [9.17, 15) is 18.0 Å². The molecule has 0 bridgehead atoms. The van der Waals surface area contributed by atoms with Crippen LogP contribution in [0.15, 0.2) is 84.1 Å². The van der Waals surface area contributed by atoms with E-state index in [1.807, 2.05) is 6.07 Å². The summed E-state index contributed by atoms with van der Waals surface area (Å²) in [6, 6.07) is 17.8. The molecule has 0 aliphatic rings. The zero-order valence-corrected chi connectivity index (χ0v) is 22.3. The van der Waals surface area contributed by atoms with Gasteiger partial charge in [0.05, 0.1) is 5.69 Å². The molecular weight excluding hydrogens is 545 g/mol. The minimum absolute atomic E-state index is 0.163. The van der Waals surface area contributed by atoms with E-state index < -0.39 is 11.9 Å². The summed E-state index contributed by atoms with van der Waals surface area (Å²) >= 11 is 6.42. The number of alkyl halides is 3. The number of hydrogen-bond acceptors (Lipinski definition) is 6. The van der Waals surface area contributed by atoms with Crippen LogP contribution < -0.4 is 14.4 Å². The largest absolute Gasteiger partial charge is 0.488 e. The topological polar surface area (TPSA) is 76.9 Å². The number of carbonyl (C=O) groups excluding carboxylic acids is 1. The second kappa shape index (κ2) is 12.6. The van der Waals surface area contributed by atoms with E-state index in [0.29, 0.717) is 28.4 Å². The smallest absolute Gasteiger partial charge is 0.433 e. The Kier molecular flexibility index (Phi) is 9.00. The fraction of sp³-hybridized carbons (Fsp3) is 0.172. The number of aliphatic imine (C=N–C) groups is 1. The first-order chi connectivity index (χ1) is 19.2. The van der Waals surface area contributed by atoms with Crippen molar-refractivity contribution in [2.24, 2.45) is 4.99 Å². The number of nitrogens with zero attached hydrogens (tertiary/aromatic N) is 4. The first-order valence-electron chi connectivity index (χ1n) is 12.0. The molecule has 2 heterocycles. The summed E-state index contributed by atoms with van der Waals surface area (Å²) in [4.78, 5) is 26.4. The van der Waals surface area contributed by atoms with Gasteiger partial charge in [-0.2, -0.15) is 13.2 Å². The number of carbonyl (C=O) groups is 1. The van der Waals surface area contributed by atoms with Crippen molar-refractivity contribution < 1.29 is 27.4 Å². The van der Waals surface area contributed by atoms with E-state index in [1.54, 1.807) is 55.7 Å². The van der Waals surface area contributed by atoms with Gasteiger partial charge in [-0.15, -0.1) is 0 Å². The number of anilines is 1. The highest BCUT2D eigenvalue weighted by atomic mass is 35.5. The maximum atomic E-state index is 13.5. The Morgan fingerprint density at radius 3 is 2.48 bits per heavy atom. The predicted molar refractivity (Wildman–Crippen MR) is 148 cm³/mol. The zero-order chi connectivity index (χ0) is 28.7. The lowest BCUT2D eigenvalue weighted by Crippen LogP contribution is -2.27. The molecule has 4 aromatic rings. The summed E-state index contributed by atoms with van der Waals surface area (Å²) in [6.45, 7) is 0.456. The van der Waals surface area contributed by atoms with Crippen LogP contribution in [0.25, 0.3) is 11.1 Å². The molecule has 0 radical (unpaired) electrons. The lowest BCUT2D eigenvalue weighted by Gasteiger charge is -2.21. The average molecular weight is 569 g/mol. The fourth-order valence-corrected chi connectivity index (χ4v) is 4.07. The monoisotopic (exact) mass is 568 g/mol. The molecule has 2 aromatic heterocycles. The van der Waals surface area contributed by atoms with Crippen LogP contribution in [0.4, 0.5) is 18.9 Å². The van der Waals surface area contributed by atoms with Gasteiger partial charge in [0.25, 0.3) is 5.91 Å². The number of para-hydroxylation sites is 2. The highest BCUT2D eigenvalue weighted by molar-refractivity contribution is 6.33. The molecule has 0 fully saturated rings. The first-order valence-corrected chi connectivity index (χ1v) is 12.4. The number of aromatic nitrogens is 2. The third-order valence-electron chi connectivity index (χ3n) is 5.76. The summed E-state index contributed by atoms with van der Waals surface area (Å²) in [6.07, 6.45) is -0.636. The van der Waals surface area contributed by atoms with E-state index in [2.05, 4.69) is 15.0 Å². The van der Waals surface area contributed by atoms with Crippen LogP contribution in [-0.4, -0.2) is 49.4 Å². The molecule has 2 aromatic carbocycles. The molecule has 0 atom stereocenters. The van der Waals surface area contributed by atoms with Gasteiger partial charge in [0, 0.05) is 66.0 Å². The van der Waals surface area contributed by atoms with E-state index in [-0.39, 0.29) is 35.3 Å². The minimum atomic E-state index is -4.63. The van der Waals surface area contributed by atoms with Gasteiger partial charge in [-0.1, -0.05) is 29.8 Å². The molecule has 40 heavy (non-hydrogen) atoms. The molecule has 11 heteroatoms. The van der Waals surface area contributed by atoms with Gasteiger partial charge in [0.2, 0.25) is 5.88 Å². The van der Waals surface area contributed by atoms with Gasteiger partial charge >= 0.3 is 6.18 Å². The summed E-state index contributed by atoms with van der Waals surface area (Å²) in [7, 11) is 3.04. The number of ether oxygens (including phenoxy) is 2. The minimum Gasteiger partial charge on any atom is -0.488 e. The van der Waals surface area contributed by atoms with E-state index >= 15 is 0 Å². The standard InChI is InChI=1S/C29H24ClF3N4O3/c1-34-17-20-16-26(29(31,32)33)36-18-22(20)21-15-19(10-11-23(21)30)28(38)37(2)24-7-3-4-8-25(24)39-13-14-40-27-9-5-6-12-35-27/h3-12,15-18H,13-14H2,1-2H3. The van der Waals surface area contributed by atoms with Crippen molar-refractivity contribution in [3.63, 3.8) is 0 Å². The SMILES string of the molecule is CN=Cc1cc(C(F)(F)F)ncc1-c1cc(C(=O)N(C)c2ccccc2OCCOc2ccccn2)ccc1Cl. The van der Waals surface area contributed by atoms with Gasteiger partial charge in [0.15, 0.2) is 0 Å². The molecule has 4 rings (SSSR count). The summed E-state index contributed by atoms with van der Waals surface area (Å²) in [5, 5.41) is 0.239. The Morgan fingerprint density at radius 2 is 1.75 bits per heavy atom. The molecule has 0 N–H and O–H groups in total. The maximum Gasteiger partial charge on any atom is 0.433 e. The molecule has 7 nitrogen and oxygen atoms in total. The van der Waals surface area contributed by atoms with Crippen molar-refractivity contribution in [3.05, 3.63) is 101 Å². The Bertz CT molecular complexity index is 1510. The Labute approximate surface area is 233 Å². The average Bonchev–Trinajstić information content (AvgIpc) is 2.95. The predicted octanol–water partition coefficient (Wildman–Crippen LogP) is 6.60. The number of pyridine rings is 2. The highest BCUT2D eigenvalue weighted by Gasteiger charge is 2.33. The van der Waals surface area contributed by atoms with Gasteiger partial charge in [-0.3, -0.25) is 14.8 Å². The van der Waals surface area contributed by atoms with Crippen LogP contribution in [0, 0.1) is 0 Å². The Hall–Kier alpha value is -4.44. The number of hydrogen-bond donors (Lipinski definition) is 0. The number of halogens is 4. The third kappa shape index (κ3) is 6.76. The lowest BCUT2D eigenvalue weighted by molar-refractivity contribution is -0.141. The number of amides is 1. The summed E-state index contributed by atoms with van der Waals surface area (Å²) < 4.78 is 51.2. The second-order valence-electron chi connectivity index (χ2n) is 8.43. The van der Waals surface area contributed by atoms with Crippen molar-refractivity contribution in [2.75, 3.05) is 32.2 Å². The number of benzene rings is 2. The normalized spacial score (nSPS) is 11.4. The highest BCUT2D eigenvalue weighted by Crippen LogP contribution is 2.35. The fourth-order valence-electron chi connectivity index (χ4n) is 3.85. The Morgan fingerprint density at radius 1 is 1.00 bits per heavy atom. The van der Waals surface area contributed by atoms with E-state index in [4.69, 9.17) is 21.1 Å². The first kappa shape index (κ1) is 28.6. The third-order valence-corrected chi connectivity index (χ3v) is 6.09. The van der Waals surface area contributed by atoms with E-state index in [0.717, 1.165) is 12.3 Å². The Balaban J connectivity index is 1.57. The molecule has 0 saturated heterocycles. The van der Waals surface area contributed by atoms with Crippen molar-refractivity contribution in [3.8, 4) is 22.8 Å². The van der Waals surface area contributed by atoms with Crippen molar-refractivity contribution in [2.45, 2.75) is 6.18 Å². The van der Waals surface area contributed by atoms with Gasteiger partial charge in [-0.05, 0) is 42.5 Å². The summed E-state index contributed by atoms with van der Waals surface area (Å²) in [5.74, 6) is 0.552. The molecule has 0 saturated carbocycles. The molecule has 0 spiro atoms. The van der Waals surface area contributed by atoms with Crippen LogP contribution in [0.2, 0.25) is 5.02 Å².